The molecule has 0 aromatic heterocycles. The number of carbonyl (C=O) groups excluding carboxylic acids is 4. The maximum Gasteiger partial charge on any atom is 0.250 e. The first kappa shape index (κ1) is 24.6. The molecule has 11 nitrogen and oxygen atoms in total. The molecule has 2 fully saturated rings. The van der Waals surface area contributed by atoms with Gasteiger partial charge in [0.25, 0.3) is 0 Å². The van der Waals surface area contributed by atoms with Crippen molar-refractivity contribution in [2.75, 3.05) is 37.6 Å². The second-order valence-corrected chi connectivity index (χ2v) is 9.87. The summed E-state index contributed by atoms with van der Waals surface area (Å²) in [5.74, 6) is -2.10. The monoisotopic (exact) mass is 479 g/mol. The van der Waals surface area contributed by atoms with E-state index in [2.05, 4.69) is 4.72 Å². The third-order valence-electron chi connectivity index (χ3n) is 5.97. The second-order valence-electron chi connectivity index (χ2n) is 8.19. The van der Waals surface area contributed by atoms with Crippen molar-refractivity contribution in [1.82, 2.24) is 14.5 Å². The number of hydrogen-bond donors (Lipinski definition) is 2. The number of benzene rings is 1. The Morgan fingerprint density at radius 3 is 2.30 bits per heavy atom. The summed E-state index contributed by atoms with van der Waals surface area (Å²) < 4.78 is 28.5. The van der Waals surface area contributed by atoms with E-state index in [9.17, 15) is 27.6 Å². The lowest BCUT2D eigenvalue weighted by Crippen LogP contribution is -2.55. The van der Waals surface area contributed by atoms with Gasteiger partial charge in [-0.05, 0) is 37.5 Å². The normalized spacial score (nSPS) is 18.2. The van der Waals surface area contributed by atoms with Gasteiger partial charge < -0.3 is 20.4 Å². The van der Waals surface area contributed by atoms with Crippen LogP contribution in [0.4, 0.5) is 5.69 Å². The molecule has 0 spiro atoms. The summed E-state index contributed by atoms with van der Waals surface area (Å²) >= 11 is 0. The van der Waals surface area contributed by atoms with E-state index >= 15 is 0 Å². The van der Waals surface area contributed by atoms with E-state index in [0.29, 0.717) is 43.6 Å². The minimum Gasteiger partial charge on any atom is -0.368 e. The molecule has 0 bridgehead atoms. The third-order valence-corrected chi connectivity index (χ3v) is 7.53. The van der Waals surface area contributed by atoms with E-state index in [4.69, 9.17) is 5.73 Å². The molecule has 0 radical (unpaired) electrons. The zero-order valence-electron chi connectivity index (χ0n) is 18.7. The lowest BCUT2D eigenvalue weighted by Gasteiger charge is -2.26. The quantitative estimate of drug-likeness (QED) is 0.517. The fraction of sp³-hybridized carbons (Fsp3) is 0.524. The maximum atomic E-state index is 13.2. The minimum atomic E-state index is -4.32. The van der Waals surface area contributed by atoms with E-state index in [1.54, 1.807) is 17.9 Å². The van der Waals surface area contributed by atoms with Gasteiger partial charge in [0.1, 0.15) is 0 Å². The van der Waals surface area contributed by atoms with Crippen molar-refractivity contribution < 1.29 is 27.6 Å². The number of hydrogen-bond acceptors (Lipinski definition) is 6. The van der Waals surface area contributed by atoms with Gasteiger partial charge in [0.15, 0.2) is 6.04 Å². The fourth-order valence-corrected chi connectivity index (χ4v) is 5.59. The zero-order chi connectivity index (χ0) is 24.3. The largest absolute Gasteiger partial charge is 0.368 e. The Balaban J connectivity index is 1.83. The van der Waals surface area contributed by atoms with Crippen LogP contribution in [0.3, 0.4) is 0 Å². The lowest BCUT2D eigenvalue weighted by atomic mass is 10.2. The molecule has 4 amide bonds. The summed E-state index contributed by atoms with van der Waals surface area (Å²) in [6, 6.07) is 2.72. The molecule has 1 aromatic carbocycles. The van der Waals surface area contributed by atoms with Gasteiger partial charge in [-0.3, -0.25) is 19.2 Å². The second kappa shape index (κ2) is 9.87. The number of anilines is 1. The van der Waals surface area contributed by atoms with Crippen LogP contribution in [0, 0.1) is 6.92 Å². The molecule has 0 unspecified atom stereocenters. The molecule has 1 aromatic rings. The molecule has 33 heavy (non-hydrogen) atoms. The Hall–Kier alpha value is -2.99. The van der Waals surface area contributed by atoms with Gasteiger partial charge in [-0.15, -0.1) is 0 Å². The van der Waals surface area contributed by atoms with Crippen LogP contribution in [0.1, 0.15) is 31.7 Å². The van der Waals surface area contributed by atoms with Crippen LogP contribution in [-0.4, -0.2) is 80.6 Å². The molecule has 3 rings (SSSR count). The highest BCUT2D eigenvalue weighted by molar-refractivity contribution is 7.89. The molecule has 0 aliphatic carbocycles. The molecule has 2 saturated heterocycles. The number of primary amides is 1. The van der Waals surface area contributed by atoms with Crippen LogP contribution in [0.5, 0.6) is 0 Å². The van der Waals surface area contributed by atoms with Crippen molar-refractivity contribution in [3.8, 4) is 0 Å². The Bertz CT molecular complexity index is 1070. The van der Waals surface area contributed by atoms with Crippen LogP contribution in [0.2, 0.25) is 0 Å². The molecule has 1 atom stereocenters. The number of rotatable bonds is 6. The molecule has 12 heteroatoms. The number of nitrogens with two attached hydrogens (primary N) is 1. The van der Waals surface area contributed by atoms with E-state index in [0.717, 1.165) is 0 Å². The van der Waals surface area contributed by atoms with Crippen molar-refractivity contribution in [2.24, 2.45) is 5.73 Å². The van der Waals surface area contributed by atoms with Gasteiger partial charge in [-0.1, -0.05) is 6.07 Å². The summed E-state index contributed by atoms with van der Waals surface area (Å²) in [6.07, 6.45) is 1.57. The topological polar surface area (TPSA) is 150 Å². The van der Waals surface area contributed by atoms with Gasteiger partial charge in [0.2, 0.25) is 33.7 Å². The first-order valence-corrected chi connectivity index (χ1v) is 12.3. The van der Waals surface area contributed by atoms with Crippen molar-refractivity contribution in [1.29, 1.82) is 0 Å². The first-order chi connectivity index (χ1) is 15.5. The van der Waals surface area contributed by atoms with Crippen molar-refractivity contribution >= 4 is 39.3 Å². The van der Waals surface area contributed by atoms with Crippen LogP contribution in [0.15, 0.2) is 23.1 Å². The Labute approximate surface area is 192 Å². The smallest absolute Gasteiger partial charge is 0.250 e. The predicted molar refractivity (Wildman–Crippen MR) is 120 cm³/mol. The van der Waals surface area contributed by atoms with E-state index in [-0.39, 0.29) is 36.3 Å². The number of nitrogens with zero attached hydrogens (tertiary/aromatic N) is 3. The van der Waals surface area contributed by atoms with Crippen LogP contribution in [0.25, 0.3) is 0 Å². The number of nitrogens with one attached hydrogen (secondary N) is 1. The maximum absolute atomic E-state index is 13.2. The molecule has 2 heterocycles. The summed E-state index contributed by atoms with van der Waals surface area (Å²) in [5, 5.41) is 0. The number of carbonyl (C=O) groups is 4. The van der Waals surface area contributed by atoms with Crippen LogP contribution < -0.4 is 15.4 Å². The van der Waals surface area contributed by atoms with Gasteiger partial charge >= 0.3 is 0 Å². The Morgan fingerprint density at radius 1 is 1.03 bits per heavy atom. The summed E-state index contributed by atoms with van der Waals surface area (Å²) in [4.78, 5) is 53.2. The standard InChI is InChI=1S/C21H29N5O6S/c1-14-16(26-11-4-8-18(26)28)6-3-7-17(14)33(31,32)23-19(20(22)29)21(30)25-10-5-9-24(12-13-25)15(2)27/h3,6-7,19,23H,4-5,8-13H2,1-2H3,(H2,22,29)/t19-/m0/s1. The zero-order valence-corrected chi connectivity index (χ0v) is 19.6. The first-order valence-electron chi connectivity index (χ1n) is 10.8. The van der Waals surface area contributed by atoms with E-state index in [1.165, 1.54) is 28.9 Å². The van der Waals surface area contributed by atoms with Crippen molar-refractivity contribution in [2.45, 2.75) is 44.0 Å². The summed E-state index contributed by atoms with van der Waals surface area (Å²) in [7, 11) is -4.32. The Morgan fingerprint density at radius 2 is 1.70 bits per heavy atom. The summed E-state index contributed by atoms with van der Waals surface area (Å²) in [5.41, 5.74) is 6.21. The van der Waals surface area contributed by atoms with Gasteiger partial charge in [0.05, 0.1) is 4.90 Å². The molecule has 3 N–H and O–H groups in total. The number of amides is 4. The molecule has 2 aliphatic rings. The highest BCUT2D eigenvalue weighted by atomic mass is 32.2. The third kappa shape index (κ3) is 5.33. The van der Waals surface area contributed by atoms with Gasteiger partial charge in [0, 0.05) is 51.8 Å². The fourth-order valence-electron chi connectivity index (χ4n) is 4.17. The van der Waals surface area contributed by atoms with E-state index < -0.39 is 27.9 Å². The average molecular weight is 480 g/mol. The van der Waals surface area contributed by atoms with Crippen molar-refractivity contribution in [3.63, 3.8) is 0 Å². The molecule has 0 saturated carbocycles. The Kier molecular flexibility index (Phi) is 7.38. The van der Waals surface area contributed by atoms with Gasteiger partial charge in [-0.25, -0.2) is 8.42 Å². The highest BCUT2D eigenvalue weighted by Crippen LogP contribution is 2.29. The molecular weight excluding hydrogens is 450 g/mol. The highest BCUT2D eigenvalue weighted by Gasteiger charge is 2.35. The van der Waals surface area contributed by atoms with E-state index in [1.807, 2.05) is 0 Å². The van der Waals surface area contributed by atoms with Crippen LogP contribution in [-0.2, 0) is 29.2 Å². The SMILES string of the molecule is CC(=O)N1CCCN(C(=O)[C@@H](NS(=O)(=O)c2cccc(N3CCCC3=O)c2C)C(N)=O)CC1. The van der Waals surface area contributed by atoms with Gasteiger partial charge in [-0.2, -0.15) is 4.72 Å². The molecule has 2 aliphatic heterocycles. The lowest BCUT2D eigenvalue weighted by molar-refractivity contribution is -0.138. The summed E-state index contributed by atoms with van der Waals surface area (Å²) in [6.45, 7) is 4.67. The molecular formula is C21H29N5O6S. The number of sulfonamides is 1. The molecule has 180 valence electrons. The van der Waals surface area contributed by atoms with Crippen molar-refractivity contribution in [3.05, 3.63) is 23.8 Å². The predicted octanol–water partition coefficient (Wildman–Crippen LogP) is -0.665. The van der Waals surface area contributed by atoms with Crippen LogP contribution >= 0.6 is 0 Å². The minimum absolute atomic E-state index is 0.0911. The average Bonchev–Trinajstić information content (AvgIpc) is 3.02.